The summed E-state index contributed by atoms with van der Waals surface area (Å²) in [6.45, 7) is 1.93. The van der Waals surface area contributed by atoms with Crippen molar-refractivity contribution in [3.8, 4) is 0 Å². The van der Waals surface area contributed by atoms with Gasteiger partial charge in [0.2, 0.25) is 10.0 Å². The fourth-order valence-corrected chi connectivity index (χ4v) is 3.02. The molecule has 0 saturated carbocycles. The van der Waals surface area contributed by atoms with Crippen LogP contribution < -0.4 is 10.5 Å². The SMILES string of the molecule is Cc1ccc(N)cc1S(=O)(=O)NCc1cnn(C)c1. The van der Waals surface area contributed by atoms with E-state index in [-0.39, 0.29) is 11.4 Å². The molecule has 0 spiro atoms. The summed E-state index contributed by atoms with van der Waals surface area (Å²) in [5.74, 6) is 0. The first-order valence-corrected chi connectivity index (χ1v) is 7.20. The lowest BCUT2D eigenvalue weighted by Crippen LogP contribution is -2.24. The molecule has 0 bridgehead atoms. The van der Waals surface area contributed by atoms with Crippen LogP contribution in [0, 0.1) is 6.92 Å². The van der Waals surface area contributed by atoms with Crippen molar-refractivity contribution in [2.45, 2.75) is 18.4 Å². The van der Waals surface area contributed by atoms with Crippen LogP contribution in [0.2, 0.25) is 0 Å². The summed E-state index contributed by atoms with van der Waals surface area (Å²) in [4.78, 5) is 0.205. The minimum atomic E-state index is -3.57. The van der Waals surface area contributed by atoms with Gasteiger partial charge in [0.05, 0.1) is 11.1 Å². The summed E-state index contributed by atoms with van der Waals surface area (Å²) in [5.41, 5.74) is 7.51. The van der Waals surface area contributed by atoms with Crippen LogP contribution in [0.4, 0.5) is 5.69 Å². The molecule has 19 heavy (non-hydrogen) atoms. The fraction of sp³-hybridized carbons (Fsp3) is 0.250. The van der Waals surface area contributed by atoms with Gasteiger partial charge in [-0.3, -0.25) is 4.68 Å². The Hall–Kier alpha value is -1.86. The maximum absolute atomic E-state index is 12.2. The summed E-state index contributed by atoms with van der Waals surface area (Å²) in [7, 11) is -1.79. The van der Waals surface area contributed by atoms with E-state index in [9.17, 15) is 8.42 Å². The molecule has 1 aromatic heterocycles. The van der Waals surface area contributed by atoms with E-state index in [2.05, 4.69) is 9.82 Å². The van der Waals surface area contributed by atoms with Crippen molar-refractivity contribution in [2.75, 3.05) is 5.73 Å². The van der Waals surface area contributed by atoms with E-state index in [0.717, 1.165) is 5.56 Å². The lowest BCUT2D eigenvalue weighted by molar-refractivity contribution is 0.580. The summed E-state index contributed by atoms with van der Waals surface area (Å²) in [5, 5.41) is 3.98. The fourth-order valence-electron chi connectivity index (χ4n) is 1.73. The zero-order valence-electron chi connectivity index (χ0n) is 10.8. The Morgan fingerprint density at radius 3 is 2.79 bits per heavy atom. The quantitative estimate of drug-likeness (QED) is 0.810. The van der Waals surface area contributed by atoms with E-state index in [4.69, 9.17) is 5.73 Å². The number of nitrogen functional groups attached to an aromatic ring is 1. The molecule has 102 valence electrons. The Morgan fingerprint density at radius 2 is 2.16 bits per heavy atom. The first kappa shape index (κ1) is 13.6. The van der Waals surface area contributed by atoms with Crippen molar-refractivity contribution in [1.29, 1.82) is 0 Å². The Labute approximate surface area is 112 Å². The largest absolute Gasteiger partial charge is 0.399 e. The second-order valence-electron chi connectivity index (χ2n) is 4.37. The number of nitrogens with two attached hydrogens (primary N) is 1. The van der Waals surface area contributed by atoms with Crippen LogP contribution in [-0.2, 0) is 23.6 Å². The standard InChI is InChI=1S/C12H16N4O2S/c1-9-3-4-11(13)5-12(9)19(17,18)15-7-10-6-14-16(2)8-10/h3-6,8,15H,7,13H2,1-2H3. The average Bonchev–Trinajstić information content (AvgIpc) is 2.76. The van der Waals surface area contributed by atoms with Gasteiger partial charge in [-0.2, -0.15) is 5.10 Å². The van der Waals surface area contributed by atoms with Gasteiger partial charge >= 0.3 is 0 Å². The molecule has 0 radical (unpaired) electrons. The molecule has 1 heterocycles. The molecule has 0 saturated heterocycles. The third kappa shape index (κ3) is 3.12. The summed E-state index contributed by atoms with van der Waals surface area (Å²) in [6, 6.07) is 4.82. The number of hydrogen-bond acceptors (Lipinski definition) is 4. The van der Waals surface area contributed by atoms with Gasteiger partial charge in [-0.25, -0.2) is 13.1 Å². The molecule has 0 aliphatic carbocycles. The van der Waals surface area contributed by atoms with Crippen LogP contribution in [0.5, 0.6) is 0 Å². The highest BCUT2D eigenvalue weighted by molar-refractivity contribution is 7.89. The van der Waals surface area contributed by atoms with E-state index < -0.39 is 10.0 Å². The lowest BCUT2D eigenvalue weighted by atomic mass is 10.2. The Balaban J connectivity index is 2.20. The molecular formula is C12H16N4O2S. The molecule has 6 nitrogen and oxygen atoms in total. The van der Waals surface area contributed by atoms with Crippen molar-refractivity contribution in [3.05, 3.63) is 41.7 Å². The molecule has 0 unspecified atom stereocenters. The minimum Gasteiger partial charge on any atom is -0.399 e. The van der Waals surface area contributed by atoms with E-state index in [1.54, 1.807) is 43.2 Å². The second kappa shape index (κ2) is 5.02. The average molecular weight is 280 g/mol. The predicted octanol–water partition coefficient (Wildman–Crippen LogP) is 0.789. The number of sulfonamides is 1. The molecule has 0 amide bonds. The maximum atomic E-state index is 12.2. The van der Waals surface area contributed by atoms with E-state index in [1.165, 1.54) is 6.07 Å². The normalized spacial score (nSPS) is 11.7. The van der Waals surface area contributed by atoms with Crippen LogP contribution in [0.25, 0.3) is 0 Å². The topological polar surface area (TPSA) is 90.0 Å². The van der Waals surface area contributed by atoms with Crippen molar-refractivity contribution in [2.24, 2.45) is 7.05 Å². The highest BCUT2D eigenvalue weighted by Gasteiger charge is 2.16. The predicted molar refractivity (Wildman–Crippen MR) is 72.8 cm³/mol. The number of rotatable bonds is 4. The maximum Gasteiger partial charge on any atom is 0.241 e. The number of hydrogen-bond donors (Lipinski definition) is 2. The number of anilines is 1. The molecule has 0 fully saturated rings. The van der Waals surface area contributed by atoms with Gasteiger partial charge in [0.25, 0.3) is 0 Å². The zero-order chi connectivity index (χ0) is 14.0. The number of aromatic nitrogens is 2. The first-order chi connectivity index (χ1) is 8.88. The number of nitrogens with zero attached hydrogens (tertiary/aromatic N) is 2. The van der Waals surface area contributed by atoms with E-state index in [0.29, 0.717) is 11.3 Å². The van der Waals surface area contributed by atoms with Gasteiger partial charge in [-0.1, -0.05) is 6.07 Å². The van der Waals surface area contributed by atoms with Gasteiger partial charge in [0.1, 0.15) is 0 Å². The highest BCUT2D eigenvalue weighted by atomic mass is 32.2. The van der Waals surface area contributed by atoms with Gasteiger partial charge in [0, 0.05) is 31.0 Å². The summed E-state index contributed by atoms with van der Waals surface area (Å²) in [6.07, 6.45) is 3.38. The summed E-state index contributed by atoms with van der Waals surface area (Å²) >= 11 is 0. The minimum absolute atomic E-state index is 0.199. The molecule has 0 atom stereocenters. The molecule has 2 rings (SSSR count). The van der Waals surface area contributed by atoms with Gasteiger partial charge in [-0.15, -0.1) is 0 Å². The Kier molecular flexibility index (Phi) is 3.59. The third-order valence-corrected chi connectivity index (χ3v) is 4.27. The molecule has 0 aliphatic heterocycles. The first-order valence-electron chi connectivity index (χ1n) is 5.72. The monoisotopic (exact) mass is 280 g/mol. The lowest BCUT2D eigenvalue weighted by Gasteiger charge is -2.09. The van der Waals surface area contributed by atoms with Crippen molar-refractivity contribution >= 4 is 15.7 Å². The van der Waals surface area contributed by atoms with Crippen LogP contribution in [0.3, 0.4) is 0 Å². The smallest absolute Gasteiger partial charge is 0.241 e. The Morgan fingerprint density at radius 1 is 1.42 bits per heavy atom. The molecule has 0 aliphatic rings. The number of benzene rings is 1. The van der Waals surface area contributed by atoms with Crippen molar-refractivity contribution in [3.63, 3.8) is 0 Å². The van der Waals surface area contributed by atoms with Crippen molar-refractivity contribution in [1.82, 2.24) is 14.5 Å². The van der Waals surface area contributed by atoms with Crippen LogP contribution >= 0.6 is 0 Å². The van der Waals surface area contributed by atoms with Gasteiger partial charge in [-0.05, 0) is 24.6 Å². The Bertz CT molecular complexity index is 692. The van der Waals surface area contributed by atoms with Gasteiger partial charge < -0.3 is 5.73 Å². The highest BCUT2D eigenvalue weighted by Crippen LogP contribution is 2.18. The van der Waals surface area contributed by atoms with E-state index >= 15 is 0 Å². The molecule has 7 heteroatoms. The molecule has 2 aromatic rings. The van der Waals surface area contributed by atoms with Crippen molar-refractivity contribution < 1.29 is 8.42 Å². The number of aryl methyl sites for hydroxylation is 2. The van der Waals surface area contributed by atoms with E-state index in [1.807, 2.05) is 0 Å². The zero-order valence-corrected chi connectivity index (χ0v) is 11.6. The van der Waals surface area contributed by atoms with Crippen LogP contribution in [-0.4, -0.2) is 18.2 Å². The summed E-state index contributed by atoms with van der Waals surface area (Å²) < 4.78 is 28.5. The molecular weight excluding hydrogens is 264 g/mol. The number of nitrogens with one attached hydrogen (secondary N) is 1. The van der Waals surface area contributed by atoms with Crippen LogP contribution in [0.1, 0.15) is 11.1 Å². The molecule has 1 aromatic carbocycles. The third-order valence-electron chi connectivity index (χ3n) is 2.73. The second-order valence-corrected chi connectivity index (χ2v) is 6.11. The molecule has 3 N–H and O–H groups in total. The van der Waals surface area contributed by atoms with Gasteiger partial charge in [0.15, 0.2) is 0 Å². The van der Waals surface area contributed by atoms with Crippen LogP contribution in [0.15, 0.2) is 35.5 Å².